The molecule has 2 bridgehead atoms. The van der Waals surface area contributed by atoms with Gasteiger partial charge in [-0.3, -0.25) is 9.59 Å². The Hall–Kier alpha value is -1.18. The van der Waals surface area contributed by atoms with Gasteiger partial charge in [-0.05, 0) is 58.3 Å². The predicted molar refractivity (Wildman–Crippen MR) is 119 cm³/mol. The standard InChI is InChI=1S/C25H42O7/c1-14(2)17-9-11-24(6,31-15(3)26)21-18-13-23(5,28)19(29-8)10-12-25(7,32-16(4)27)22(30-18)20(17)21/h14,17-22,28H,9-13H2,1-8H3/t17-,18-,19+,20-,21-,22+,23+,24-,25-/m1/s1. The molecule has 0 aromatic carbocycles. The average molecular weight is 455 g/mol. The molecule has 2 heterocycles. The van der Waals surface area contributed by atoms with Crippen LogP contribution in [0.5, 0.6) is 0 Å². The molecule has 0 aromatic heterocycles. The highest BCUT2D eigenvalue weighted by Crippen LogP contribution is 2.58. The minimum absolute atomic E-state index is 0.0392. The molecule has 1 aliphatic carbocycles. The summed E-state index contributed by atoms with van der Waals surface area (Å²) in [6, 6.07) is 0. The van der Waals surface area contributed by atoms with Gasteiger partial charge in [0.1, 0.15) is 17.3 Å². The first-order valence-electron chi connectivity index (χ1n) is 12.0. The van der Waals surface area contributed by atoms with Crippen molar-refractivity contribution in [3.63, 3.8) is 0 Å². The molecule has 3 fully saturated rings. The van der Waals surface area contributed by atoms with E-state index >= 15 is 0 Å². The number of esters is 2. The van der Waals surface area contributed by atoms with Crippen LogP contribution in [0.4, 0.5) is 0 Å². The molecule has 3 aliphatic rings. The number of ether oxygens (including phenoxy) is 4. The van der Waals surface area contributed by atoms with Crippen LogP contribution in [-0.4, -0.2) is 59.3 Å². The summed E-state index contributed by atoms with van der Waals surface area (Å²) < 4.78 is 24.4. The lowest BCUT2D eigenvalue weighted by atomic mass is 9.57. The van der Waals surface area contributed by atoms with Crippen LogP contribution >= 0.6 is 0 Å². The minimum Gasteiger partial charge on any atom is -0.459 e. The van der Waals surface area contributed by atoms with Crippen LogP contribution in [0, 0.1) is 23.7 Å². The number of methoxy groups -OCH3 is 1. The summed E-state index contributed by atoms with van der Waals surface area (Å²) in [6.45, 7) is 13.0. The zero-order chi connectivity index (χ0) is 24.1. The number of hydrogen-bond donors (Lipinski definition) is 1. The third-order valence-corrected chi connectivity index (χ3v) is 8.37. The zero-order valence-electron chi connectivity index (χ0n) is 21.0. The molecule has 0 radical (unpaired) electrons. The second kappa shape index (κ2) is 8.88. The maximum atomic E-state index is 12.2. The molecule has 0 unspecified atom stereocenters. The van der Waals surface area contributed by atoms with Crippen molar-refractivity contribution >= 4 is 11.9 Å². The molecule has 184 valence electrons. The third-order valence-electron chi connectivity index (χ3n) is 8.37. The van der Waals surface area contributed by atoms with Gasteiger partial charge in [0.15, 0.2) is 0 Å². The van der Waals surface area contributed by atoms with Crippen LogP contribution in [-0.2, 0) is 28.5 Å². The molecule has 3 rings (SSSR count). The summed E-state index contributed by atoms with van der Waals surface area (Å²) in [4.78, 5) is 24.3. The van der Waals surface area contributed by atoms with Gasteiger partial charge in [-0.1, -0.05) is 13.8 Å². The summed E-state index contributed by atoms with van der Waals surface area (Å²) in [5.41, 5.74) is -2.72. The summed E-state index contributed by atoms with van der Waals surface area (Å²) in [5.74, 6) is -0.0162. The average Bonchev–Trinajstić information content (AvgIpc) is 3.01. The second-order valence-electron chi connectivity index (χ2n) is 11.3. The van der Waals surface area contributed by atoms with Gasteiger partial charge in [-0.25, -0.2) is 0 Å². The highest BCUT2D eigenvalue weighted by Gasteiger charge is 2.65. The first-order chi connectivity index (χ1) is 14.7. The van der Waals surface area contributed by atoms with Gasteiger partial charge < -0.3 is 24.1 Å². The van der Waals surface area contributed by atoms with E-state index in [0.29, 0.717) is 31.1 Å². The largest absolute Gasteiger partial charge is 0.459 e. The maximum absolute atomic E-state index is 12.2. The fourth-order valence-electron chi connectivity index (χ4n) is 7.07. The Morgan fingerprint density at radius 1 is 1.00 bits per heavy atom. The lowest BCUT2D eigenvalue weighted by molar-refractivity contribution is -0.182. The molecule has 0 spiro atoms. The monoisotopic (exact) mass is 454 g/mol. The fraction of sp³-hybridized carbons (Fsp3) is 0.920. The molecule has 1 saturated carbocycles. The van der Waals surface area contributed by atoms with Crippen LogP contribution in [0.3, 0.4) is 0 Å². The molecule has 7 nitrogen and oxygen atoms in total. The Morgan fingerprint density at radius 2 is 1.56 bits per heavy atom. The van der Waals surface area contributed by atoms with E-state index in [1.165, 1.54) is 13.8 Å². The number of aliphatic hydroxyl groups is 1. The van der Waals surface area contributed by atoms with Crippen molar-refractivity contribution in [1.29, 1.82) is 0 Å². The van der Waals surface area contributed by atoms with E-state index < -0.39 is 22.9 Å². The Labute approximate surface area is 192 Å². The van der Waals surface area contributed by atoms with Gasteiger partial charge >= 0.3 is 11.9 Å². The Balaban J connectivity index is 2.16. The van der Waals surface area contributed by atoms with Crippen molar-refractivity contribution in [2.24, 2.45) is 23.7 Å². The fourth-order valence-corrected chi connectivity index (χ4v) is 7.07. The number of carbonyl (C=O) groups excluding carboxylic acids is 2. The molecule has 1 N–H and O–H groups in total. The Morgan fingerprint density at radius 3 is 2.09 bits per heavy atom. The lowest BCUT2D eigenvalue weighted by Gasteiger charge is -2.51. The summed E-state index contributed by atoms with van der Waals surface area (Å²) in [7, 11) is 1.60. The van der Waals surface area contributed by atoms with E-state index in [9.17, 15) is 14.7 Å². The molecule has 0 amide bonds. The van der Waals surface area contributed by atoms with Gasteiger partial charge in [0.2, 0.25) is 0 Å². The van der Waals surface area contributed by atoms with Crippen LogP contribution in [0.25, 0.3) is 0 Å². The van der Waals surface area contributed by atoms with Crippen molar-refractivity contribution in [3.8, 4) is 0 Å². The molecular weight excluding hydrogens is 412 g/mol. The summed E-state index contributed by atoms with van der Waals surface area (Å²) in [5, 5.41) is 11.4. The van der Waals surface area contributed by atoms with Gasteiger partial charge in [0.25, 0.3) is 0 Å². The van der Waals surface area contributed by atoms with Crippen molar-refractivity contribution in [2.45, 2.75) is 116 Å². The van der Waals surface area contributed by atoms with Crippen LogP contribution < -0.4 is 0 Å². The van der Waals surface area contributed by atoms with E-state index in [0.717, 1.165) is 12.8 Å². The zero-order valence-corrected chi connectivity index (χ0v) is 21.0. The topological polar surface area (TPSA) is 91.3 Å². The van der Waals surface area contributed by atoms with E-state index in [1.54, 1.807) is 14.0 Å². The highest BCUT2D eigenvalue weighted by molar-refractivity contribution is 5.67. The van der Waals surface area contributed by atoms with Crippen molar-refractivity contribution in [1.82, 2.24) is 0 Å². The van der Waals surface area contributed by atoms with E-state index in [4.69, 9.17) is 18.9 Å². The molecule has 9 atom stereocenters. The van der Waals surface area contributed by atoms with Gasteiger partial charge in [-0.15, -0.1) is 0 Å². The first kappa shape index (κ1) is 25.4. The van der Waals surface area contributed by atoms with Crippen molar-refractivity contribution in [2.75, 3.05) is 7.11 Å². The van der Waals surface area contributed by atoms with Crippen LogP contribution in [0.15, 0.2) is 0 Å². The van der Waals surface area contributed by atoms with Crippen molar-refractivity contribution in [3.05, 3.63) is 0 Å². The van der Waals surface area contributed by atoms with Crippen LogP contribution in [0.1, 0.15) is 80.6 Å². The second-order valence-corrected chi connectivity index (χ2v) is 11.3. The number of rotatable bonds is 4. The predicted octanol–water partition coefficient (Wildman–Crippen LogP) is 3.65. The number of fused-ring (bicyclic) bond motifs is 5. The SMILES string of the molecule is CO[C@H]1CC[C@@](C)(OC(C)=O)[C@H]2O[C@H](C[C@]1(C)O)[C@@H]1[C@H]2[C@@H](C(C)C)CC[C@@]1(C)OC(C)=O. The molecule has 32 heavy (non-hydrogen) atoms. The number of hydrogen-bond acceptors (Lipinski definition) is 7. The Kier molecular flexibility index (Phi) is 7.06. The molecule has 7 heteroatoms. The smallest absolute Gasteiger partial charge is 0.303 e. The highest BCUT2D eigenvalue weighted by atomic mass is 16.6. The summed E-state index contributed by atoms with van der Waals surface area (Å²) in [6.07, 6.45) is 1.93. The quantitative estimate of drug-likeness (QED) is 0.648. The van der Waals surface area contributed by atoms with Gasteiger partial charge in [0, 0.05) is 39.2 Å². The first-order valence-corrected chi connectivity index (χ1v) is 12.0. The van der Waals surface area contributed by atoms with E-state index in [2.05, 4.69) is 13.8 Å². The third kappa shape index (κ3) is 4.58. The van der Waals surface area contributed by atoms with E-state index in [1.807, 2.05) is 13.8 Å². The van der Waals surface area contributed by atoms with Crippen LogP contribution in [0.2, 0.25) is 0 Å². The Bertz CT molecular complexity index is 719. The van der Waals surface area contributed by atoms with E-state index in [-0.39, 0.29) is 36.0 Å². The molecule has 0 aromatic rings. The molecule has 2 aliphatic heterocycles. The lowest BCUT2D eigenvalue weighted by Crippen LogP contribution is -2.57. The normalized spacial score (nSPS) is 46.6. The molecule has 2 saturated heterocycles. The summed E-state index contributed by atoms with van der Waals surface area (Å²) >= 11 is 0. The van der Waals surface area contributed by atoms with Crippen molar-refractivity contribution < 1.29 is 33.6 Å². The molecular formula is C25H42O7. The maximum Gasteiger partial charge on any atom is 0.303 e. The minimum atomic E-state index is -1.14. The number of carbonyl (C=O) groups is 2. The van der Waals surface area contributed by atoms with Gasteiger partial charge in [-0.2, -0.15) is 0 Å². The van der Waals surface area contributed by atoms with Gasteiger partial charge in [0.05, 0.1) is 17.8 Å².